The molecule has 0 spiro atoms. The van der Waals surface area contributed by atoms with Crippen LogP contribution in [-0.2, 0) is 16.3 Å². The number of amides is 1. The third-order valence-electron chi connectivity index (χ3n) is 3.76. The van der Waals surface area contributed by atoms with Gasteiger partial charge in [-0.3, -0.25) is 10.1 Å². The van der Waals surface area contributed by atoms with Gasteiger partial charge in [0.2, 0.25) is 5.13 Å². The van der Waals surface area contributed by atoms with Gasteiger partial charge in [-0.1, -0.05) is 18.3 Å². The maximum atomic E-state index is 14.6. The number of sulfone groups is 1. The molecule has 10 heteroatoms. The van der Waals surface area contributed by atoms with E-state index in [-0.39, 0.29) is 16.8 Å². The number of carbonyl (C=O) groups is 1. The van der Waals surface area contributed by atoms with Crippen molar-refractivity contribution in [3.8, 4) is 0 Å². The second kappa shape index (κ2) is 6.75. The van der Waals surface area contributed by atoms with Crippen molar-refractivity contribution in [1.82, 2.24) is 10.2 Å². The monoisotopic (exact) mass is 387 g/mol. The number of hydrogen-bond acceptors (Lipinski definition) is 6. The first-order valence-electron chi connectivity index (χ1n) is 7.66. The van der Waals surface area contributed by atoms with E-state index in [0.29, 0.717) is 11.4 Å². The van der Waals surface area contributed by atoms with Crippen molar-refractivity contribution in [1.29, 1.82) is 0 Å². The van der Waals surface area contributed by atoms with Gasteiger partial charge in [0.15, 0.2) is 15.7 Å². The molecule has 1 fully saturated rings. The Kier molecular flexibility index (Phi) is 4.83. The highest BCUT2D eigenvalue weighted by Gasteiger charge is 2.33. The first-order chi connectivity index (χ1) is 11.8. The number of halogens is 2. The Labute approximate surface area is 147 Å². The second-order valence-electron chi connectivity index (χ2n) is 5.77. The summed E-state index contributed by atoms with van der Waals surface area (Å²) in [6.45, 7) is 1.85. The third kappa shape index (κ3) is 3.84. The lowest BCUT2D eigenvalue weighted by molar-refractivity contribution is 0.101. The maximum Gasteiger partial charge on any atom is 0.263 e. The summed E-state index contributed by atoms with van der Waals surface area (Å²) in [6, 6.07) is 1.65. The van der Waals surface area contributed by atoms with Gasteiger partial charge in [-0.15, -0.1) is 10.2 Å². The minimum absolute atomic E-state index is 0.000544. The van der Waals surface area contributed by atoms with Crippen molar-refractivity contribution in [3.05, 3.63) is 34.3 Å². The van der Waals surface area contributed by atoms with E-state index in [4.69, 9.17) is 0 Å². The third-order valence-corrected chi connectivity index (χ3v) is 6.64. The van der Waals surface area contributed by atoms with Crippen LogP contribution in [-0.4, -0.2) is 30.3 Å². The molecular weight excluding hydrogens is 372 g/mol. The van der Waals surface area contributed by atoms with Gasteiger partial charge in [-0.05, 0) is 37.3 Å². The Morgan fingerprint density at radius 3 is 2.64 bits per heavy atom. The Morgan fingerprint density at radius 1 is 1.32 bits per heavy atom. The van der Waals surface area contributed by atoms with E-state index in [9.17, 15) is 22.0 Å². The molecule has 1 aliphatic rings. The summed E-state index contributed by atoms with van der Waals surface area (Å²) in [5, 5.41) is 10.5. The topological polar surface area (TPSA) is 89.0 Å². The maximum absolute atomic E-state index is 14.6. The minimum atomic E-state index is -3.92. The predicted molar refractivity (Wildman–Crippen MR) is 88.4 cm³/mol. The van der Waals surface area contributed by atoms with E-state index in [1.54, 1.807) is 0 Å². The van der Waals surface area contributed by atoms with Crippen LogP contribution in [0.5, 0.6) is 0 Å². The van der Waals surface area contributed by atoms with E-state index in [2.05, 4.69) is 15.5 Å². The number of benzene rings is 1. The molecular formula is C15H15F2N3O3S2. The average molecular weight is 387 g/mol. The molecule has 0 aliphatic heterocycles. The average Bonchev–Trinajstić information content (AvgIpc) is 3.22. The van der Waals surface area contributed by atoms with Crippen molar-refractivity contribution in [2.24, 2.45) is 5.92 Å². The first-order valence-corrected chi connectivity index (χ1v) is 10.1. The standard InChI is InChI=1S/C15H15F2N3O3S2/c1-2-11-19-20-15(24-11)18-14(21)12-9(16)5-6-10(13(12)17)25(22,23)7-8-3-4-8/h5-6,8H,2-4,7H2,1H3,(H,18,20,21). The number of hydrogen-bond donors (Lipinski definition) is 1. The van der Waals surface area contributed by atoms with Gasteiger partial charge in [-0.2, -0.15) is 0 Å². The highest BCUT2D eigenvalue weighted by atomic mass is 32.2. The molecule has 1 N–H and O–H groups in total. The molecule has 0 bridgehead atoms. The fraction of sp³-hybridized carbons (Fsp3) is 0.400. The van der Waals surface area contributed by atoms with Gasteiger partial charge < -0.3 is 0 Å². The summed E-state index contributed by atoms with van der Waals surface area (Å²) in [4.78, 5) is 11.6. The summed E-state index contributed by atoms with van der Waals surface area (Å²) in [5.74, 6) is -3.82. The van der Waals surface area contributed by atoms with E-state index < -0.39 is 37.8 Å². The summed E-state index contributed by atoms with van der Waals surface area (Å²) in [6.07, 6.45) is 2.14. The van der Waals surface area contributed by atoms with Crippen molar-refractivity contribution in [3.63, 3.8) is 0 Å². The van der Waals surface area contributed by atoms with Crippen molar-refractivity contribution >= 4 is 32.2 Å². The Balaban J connectivity index is 1.92. The quantitative estimate of drug-likeness (QED) is 0.770. The van der Waals surface area contributed by atoms with Crippen LogP contribution in [0, 0.1) is 17.6 Å². The van der Waals surface area contributed by atoms with Gasteiger partial charge >= 0.3 is 0 Å². The zero-order chi connectivity index (χ0) is 18.2. The molecule has 0 unspecified atom stereocenters. The molecule has 1 aromatic carbocycles. The number of carbonyl (C=O) groups excluding carboxylic acids is 1. The molecule has 134 valence electrons. The number of aromatic nitrogens is 2. The van der Waals surface area contributed by atoms with Crippen LogP contribution in [0.25, 0.3) is 0 Å². The highest BCUT2D eigenvalue weighted by molar-refractivity contribution is 7.91. The smallest absolute Gasteiger partial charge is 0.263 e. The number of rotatable bonds is 6. The largest absolute Gasteiger partial charge is 0.296 e. The molecule has 1 saturated carbocycles. The lowest BCUT2D eigenvalue weighted by Gasteiger charge is -2.09. The first kappa shape index (κ1) is 17.9. The number of nitrogens with one attached hydrogen (secondary N) is 1. The number of nitrogens with zero attached hydrogens (tertiary/aromatic N) is 2. The van der Waals surface area contributed by atoms with Crippen LogP contribution >= 0.6 is 11.3 Å². The molecule has 1 heterocycles. The van der Waals surface area contributed by atoms with Gasteiger partial charge in [0.25, 0.3) is 5.91 Å². The Bertz CT molecular complexity index is 924. The Morgan fingerprint density at radius 2 is 2.04 bits per heavy atom. The van der Waals surface area contributed by atoms with Gasteiger partial charge in [0.05, 0.1) is 5.75 Å². The summed E-state index contributed by atoms with van der Waals surface area (Å²) in [7, 11) is -3.92. The van der Waals surface area contributed by atoms with Crippen LogP contribution in [0.1, 0.15) is 35.1 Å². The number of aryl methyl sites for hydroxylation is 1. The zero-order valence-corrected chi connectivity index (χ0v) is 14.9. The molecule has 6 nitrogen and oxygen atoms in total. The van der Waals surface area contributed by atoms with Crippen LogP contribution in [0.15, 0.2) is 17.0 Å². The van der Waals surface area contributed by atoms with E-state index in [1.807, 2.05) is 6.92 Å². The van der Waals surface area contributed by atoms with Crippen molar-refractivity contribution < 1.29 is 22.0 Å². The van der Waals surface area contributed by atoms with Gasteiger partial charge in [0, 0.05) is 0 Å². The SMILES string of the molecule is CCc1nnc(NC(=O)c2c(F)ccc(S(=O)(=O)CC3CC3)c2F)s1. The van der Waals surface area contributed by atoms with Crippen molar-refractivity contribution in [2.45, 2.75) is 31.1 Å². The fourth-order valence-corrected chi connectivity index (χ4v) is 4.73. The minimum Gasteiger partial charge on any atom is -0.296 e. The molecule has 0 saturated heterocycles. The molecule has 2 aromatic rings. The van der Waals surface area contributed by atoms with Crippen LogP contribution < -0.4 is 5.32 Å². The molecule has 25 heavy (non-hydrogen) atoms. The van der Waals surface area contributed by atoms with Crippen molar-refractivity contribution in [2.75, 3.05) is 11.1 Å². The van der Waals surface area contributed by atoms with Crippen LogP contribution in [0.4, 0.5) is 13.9 Å². The van der Waals surface area contributed by atoms with Crippen LogP contribution in [0.2, 0.25) is 0 Å². The summed E-state index contributed by atoms with van der Waals surface area (Å²) in [5.41, 5.74) is -0.940. The predicted octanol–water partition coefficient (Wildman–Crippen LogP) is 2.81. The van der Waals surface area contributed by atoms with E-state index in [0.717, 1.165) is 36.3 Å². The normalized spacial score (nSPS) is 14.5. The second-order valence-corrected chi connectivity index (χ2v) is 8.83. The highest BCUT2D eigenvalue weighted by Crippen LogP contribution is 2.33. The number of anilines is 1. The molecule has 0 atom stereocenters. The van der Waals surface area contributed by atoms with Crippen LogP contribution in [0.3, 0.4) is 0 Å². The lowest BCUT2D eigenvalue weighted by Crippen LogP contribution is -2.19. The molecule has 3 rings (SSSR count). The van der Waals surface area contributed by atoms with Gasteiger partial charge in [0.1, 0.15) is 21.3 Å². The Hall–Kier alpha value is -1.94. The zero-order valence-electron chi connectivity index (χ0n) is 13.3. The lowest BCUT2D eigenvalue weighted by atomic mass is 10.2. The van der Waals surface area contributed by atoms with E-state index in [1.165, 1.54) is 0 Å². The van der Waals surface area contributed by atoms with Gasteiger partial charge in [-0.25, -0.2) is 17.2 Å². The fourth-order valence-electron chi connectivity index (χ4n) is 2.27. The molecule has 0 radical (unpaired) electrons. The van der Waals surface area contributed by atoms with E-state index >= 15 is 0 Å². The summed E-state index contributed by atoms with van der Waals surface area (Å²) >= 11 is 1.08. The molecule has 1 amide bonds. The summed E-state index contributed by atoms with van der Waals surface area (Å²) < 4.78 is 53.2. The molecule has 1 aromatic heterocycles. The molecule has 1 aliphatic carbocycles.